The number of hydrogen-bond donors (Lipinski definition) is 3. The molecule has 2 atom stereocenters. The Kier molecular flexibility index (Phi) is 4.59. The van der Waals surface area contributed by atoms with Crippen molar-refractivity contribution in [3.63, 3.8) is 0 Å². The Balaban J connectivity index is 1.70. The predicted molar refractivity (Wildman–Crippen MR) is 88.9 cm³/mol. The number of carbonyl (C=O) groups is 1. The predicted octanol–water partition coefficient (Wildman–Crippen LogP) is 3.51. The molecule has 0 bridgehead atoms. The van der Waals surface area contributed by atoms with E-state index < -0.39 is 0 Å². The molecule has 2 aromatic carbocycles. The average Bonchev–Trinajstić information content (AvgIpc) is 2.55. The van der Waals surface area contributed by atoms with Crippen molar-refractivity contribution < 1.29 is 9.90 Å². The number of anilines is 1. The standard InChI is InChI=1S/C18H22N2O2/c21-12-14-7-2-4-10-16(14)19-18(22)20-17-11-5-8-13-6-1-3-9-15(13)17/h1,3,5-6,8-9,11,14,16,21H,2,4,7,10,12H2,(H2,19,20,22). The number of aliphatic hydroxyl groups is 1. The summed E-state index contributed by atoms with van der Waals surface area (Å²) in [6.45, 7) is 0.138. The van der Waals surface area contributed by atoms with E-state index in [1.54, 1.807) is 0 Å². The van der Waals surface area contributed by atoms with E-state index in [-0.39, 0.29) is 24.6 Å². The molecule has 4 heteroatoms. The van der Waals surface area contributed by atoms with Crippen LogP contribution < -0.4 is 10.6 Å². The minimum absolute atomic E-state index is 0.0636. The van der Waals surface area contributed by atoms with Gasteiger partial charge >= 0.3 is 6.03 Å². The lowest BCUT2D eigenvalue weighted by Gasteiger charge is -2.30. The van der Waals surface area contributed by atoms with Crippen molar-refractivity contribution in [3.05, 3.63) is 42.5 Å². The van der Waals surface area contributed by atoms with Crippen LogP contribution in [0.25, 0.3) is 10.8 Å². The van der Waals surface area contributed by atoms with Gasteiger partial charge in [0.15, 0.2) is 0 Å². The summed E-state index contributed by atoms with van der Waals surface area (Å²) in [5, 5.41) is 17.5. The van der Waals surface area contributed by atoms with Crippen LogP contribution in [0.15, 0.2) is 42.5 Å². The molecule has 1 aliphatic rings. The molecule has 1 aliphatic carbocycles. The van der Waals surface area contributed by atoms with E-state index in [4.69, 9.17) is 0 Å². The molecular weight excluding hydrogens is 276 g/mol. The van der Waals surface area contributed by atoms with Crippen molar-refractivity contribution in [2.75, 3.05) is 11.9 Å². The lowest BCUT2D eigenvalue weighted by Crippen LogP contribution is -2.45. The molecule has 22 heavy (non-hydrogen) atoms. The fourth-order valence-corrected chi connectivity index (χ4v) is 3.28. The van der Waals surface area contributed by atoms with Crippen LogP contribution in [0.5, 0.6) is 0 Å². The molecule has 3 rings (SSSR count). The fourth-order valence-electron chi connectivity index (χ4n) is 3.28. The Morgan fingerprint density at radius 2 is 1.86 bits per heavy atom. The van der Waals surface area contributed by atoms with Crippen molar-refractivity contribution in [2.45, 2.75) is 31.7 Å². The number of hydrogen-bond acceptors (Lipinski definition) is 2. The van der Waals surface area contributed by atoms with Gasteiger partial charge in [-0.15, -0.1) is 0 Å². The lowest BCUT2D eigenvalue weighted by molar-refractivity contribution is 0.156. The number of carbonyl (C=O) groups excluding carboxylic acids is 1. The molecule has 0 aromatic heterocycles. The van der Waals surface area contributed by atoms with Crippen molar-refractivity contribution in [1.29, 1.82) is 0 Å². The summed E-state index contributed by atoms with van der Waals surface area (Å²) < 4.78 is 0. The first-order chi connectivity index (χ1) is 10.8. The zero-order chi connectivity index (χ0) is 15.4. The number of urea groups is 1. The van der Waals surface area contributed by atoms with Gasteiger partial charge < -0.3 is 15.7 Å². The fraction of sp³-hybridized carbons (Fsp3) is 0.389. The molecule has 1 fully saturated rings. The largest absolute Gasteiger partial charge is 0.396 e. The number of fused-ring (bicyclic) bond motifs is 1. The second-order valence-corrected chi connectivity index (χ2v) is 5.96. The van der Waals surface area contributed by atoms with E-state index >= 15 is 0 Å². The summed E-state index contributed by atoms with van der Waals surface area (Å²) >= 11 is 0. The van der Waals surface area contributed by atoms with Crippen LogP contribution in [-0.4, -0.2) is 23.8 Å². The smallest absolute Gasteiger partial charge is 0.319 e. The maximum atomic E-state index is 12.3. The summed E-state index contributed by atoms with van der Waals surface area (Å²) in [6, 6.07) is 13.7. The van der Waals surface area contributed by atoms with Gasteiger partial charge in [-0.2, -0.15) is 0 Å². The topological polar surface area (TPSA) is 61.4 Å². The highest BCUT2D eigenvalue weighted by molar-refractivity contribution is 6.01. The van der Waals surface area contributed by atoms with Crippen molar-refractivity contribution in [1.82, 2.24) is 5.32 Å². The molecule has 2 amide bonds. The van der Waals surface area contributed by atoms with E-state index in [2.05, 4.69) is 10.6 Å². The van der Waals surface area contributed by atoms with E-state index in [0.717, 1.165) is 42.1 Å². The van der Waals surface area contributed by atoms with Gasteiger partial charge in [-0.05, 0) is 24.3 Å². The van der Waals surface area contributed by atoms with Crippen LogP contribution in [0.2, 0.25) is 0 Å². The van der Waals surface area contributed by atoms with Crippen LogP contribution in [0.1, 0.15) is 25.7 Å². The third kappa shape index (κ3) is 3.22. The Labute approximate surface area is 130 Å². The van der Waals surface area contributed by atoms with Gasteiger partial charge in [0.05, 0.1) is 5.69 Å². The minimum Gasteiger partial charge on any atom is -0.396 e. The van der Waals surface area contributed by atoms with Gasteiger partial charge in [-0.25, -0.2) is 4.79 Å². The van der Waals surface area contributed by atoms with Crippen LogP contribution in [-0.2, 0) is 0 Å². The van der Waals surface area contributed by atoms with Crippen LogP contribution >= 0.6 is 0 Å². The molecule has 0 saturated heterocycles. The van der Waals surface area contributed by atoms with E-state index in [1.807, 2.05) is 42.5 Å². The Hall–Kier alpha value is -2.07. The Morgan fingerprint density at radius 3 is 2.73 bits per heavy atom. The van der Waals surface area contributed by atoms with Gasteiger partial charge in [0, 0.05) is 24.0 Å². The molecular formula is C18H22N2O2. The normalized spacial score (nSPS) is 21.5. The molecule has 2 aromatic rings. The van der Waals surface area contributed by atoms with Crippen molar-refractivity contribution in [2.24, 2.45) is 5.92 Å². The maximum Gasteiger partial charge on any atom is 0.319 e. The molecule has 0 heterocycles. The van der Waals surface area contributed by atoms with E-state index in [9.17, 15) is 9.90 Å². The zero-order valence-corrected chi connectivity index (χ0v) is 12.6. The third-order valence-corrected chi connectivity index (χ3v) is 4.50. The van der Waals surface area contributed by atoms with E-state index in [0.29, 0.717) is 0 Å². The zero-order valence-electron chi connectivity index (χ0n) is 12.6. The van der Waals surface area contributed by atoms with Crippen LogP contribution in [0.3, 0.4) is 0 Å². The Morgan fingerprint density at radius 1 is 1.09 bits per heavy atom. The van der Waals surface area contributed by atoms with Crippen LogP contribution in [0.4, 0.5) is 10.5 Å². The summed E-state index contributed by atoms with van der Waals surface area (Å²) in [5.41, 5.74) is 0.812. The van der Waals surface area contributed by atoms with Gasteiger partial charge in [0.25, 0.3) is 0 Å². The van der Waals surface area contributed by atoms with Crippen molar-refractivity contribution >= 4 is 22.5 Å². The van der Waals surface area contributed by atoms with Crippen LogP contribution in [0, 0.1) is 5.92 Å². The second-order valence-electron chi connectivity index (χ2n) is 5.96. The average molecular weight is 298 g/mol. The highest BCUT2D eigenvalue weighted by atomic mass is 16.3. The van der Waals surface area contributed by atoms with Crippen molar-refractivity contribution in [3.8, 4) is 0 Å². The van der Waals surface area contributed by atoms with Gasteiger partial charge in [-0.3, -0.25) is 0 Å². The summed E-state index contributed by atoms with van der Waals surface area (Å²) in [6.07, 6.45) is 4.16. The Bertz CT molecular complexity index is 651. The number of amides is 2. The quantitative estimate of drug-likeness (QED) is 0.812. The monoisotopic (exact) mass is 298 g/mol. The molecule has 0 radical (unpaired) electrons. The molecule has 0 aliphatic heterocycles. The van der Waals surface area contributed by atoms with E-state index in [1.165, 1.54) is 0 Å². The SMILES string of the molecule is O=C(Nc1cccc2ccccc12)NC1CCCCC1CO. The summed E-state index contributed by atoms with van der Waals surface area (Å²) in [4.78, 5) is 12.3. The molecule has 2 unspecified atom stereocenters. The van der Waals surface area contributed by atoms with Gasteiger partial charge in [0.1, 0.15) is 0 Å². The molecule has 1 saturated carbocycles. The molecule has 116 valence electrons. The first-order valence-electron chi connectivity index (χ1n) is 7.94. The first kappa shape index (κ1) is 14.9. The highest BCUT2D eigenvalue weighted by Gasteiger charge is 2.25. The van der Waals surface area contributed by atoms with Gasteiger partial charge in [-0.1, -0.05) is 49.2 Å². The highest BCUT2D eigenvalue weighted by Crippen LogP contribution is 2.25. The number of rotatable bonds is 3. The second kappa shape index (κ2) is 6.79. The third-order valence-electron chi connectivity index (χ3n) is 4.50. The molecule has 4 nitrogen and oxygen atoms in total. The summed E-state index contributed by atoms with van der Waals surface area (Å²) in [5.74, 6) is 0.173. The molecule has 0 spiro atoms. The lowest BCUT2D eigenvalue weighted by atomic mass is 9.85. The summed E-state index contributed by atoms with van der Waals surface area (Å²) in [7, 11) is 0. The first-order valence-corrected chi connectivity index (χ1v) is 7.94. The number of nitrogens with one attached hydrogen (secondary N) is 2. The minimum atomic E-state index is -0.193. The maximum absolute atomic E-state index is 12.3. The molecule has 3 N–H and O–H groups in total. The van der Waals surface area contributed by atoms with Gasteiger partial charge in [0.2, 0.25) is 0 Å². The number of benzene rings is 2. The number of aliphatic hydroxyl groups excluding tert-OH is 1.